The summed E-state index contributed by atoms with van der Waals surface area (Å²) in [4.78, 5) is 0. The number of rotatable bonds is 3. The van der Waals surface area contributed by atoms with Crippen molar-refractivity contribution in [2.75, 3.05) is 0 Å². The average Bonchev–Trinajstić information content (AvgIpc) is 2.38. The van der Waals surface area contributed by atoms with E-state index in [1.807, 2.05) is 0 Å². The van der Waals surface area contributed by atoms with Crippen molar-refractivity contribution in [2.24, 2.45) is 0 Å². The van der Waals surface area contributed by atoms with Crippen molar-refractivity contribution < 1.29 is 31.8 Å². The molecule has 2 rings (SSSR count). The molecule has 0 bridgehead atoms. The number of hydrogen-bond donors (Lipinski definition) is 1. The highest BCUT2D eigenvalue weighted by molar-refractivity contribution is 5.66. The third-order valence-electron chi connectivity index (χ3n) is 2.66. The number of hydrogen-bond acceptors (Lipinski definition) is 2. The van der Waals surface area contributed by atoms with E-state index in [9.17, 15) is 22.0 Å². The van der Waals surface area contributed by atoms with Crippen molar-refractivity contribution in [2.45, 2.75) is 13.0 Å². The largest absolute Gasteiger partial charge is 0.573 e. The second-order valence-electron chi connectivity index (χ2n) is 4.16. The second-order valence-corrected chi connectivity index (χ2v) is 4.16. The van der Waals surface area contributed by atoms with Crippen LogP contribution in [0.1, 0.15) is 5.56 Å². The highest BCUT2D eigenvalue weighted by atomic mass is 19.4. The number of halogens is 5. The zero-order chi connectivity index (χ0) is 15.6. The molecule has 2 nitrogen and oxygen atoms in total. The van der Waals surface area contributed by atoms with Crippen molar-refractivity contribution >= 4 is 0 Å². The van der Waals surface area contributed by atoms with Crippen LogP contribution in [0.5, 0.6) is 5.75 Å². The van der Waals surface area contributed by atoms with Gasteiger partial charge in [0.05, 0.1) is 12.2 Å². The molecule has 0 radical (unpaired) electrons. The van der Waals surface area contributed by atoms with Gasteiger partial charge in [0.1, 0.15) is 17.4 Å². The topological polar surface area (TPSA) is 29.5 Å². The van der Waals surface area contributed by atoms with E-state index in [4.69, 9.17) is 5.11 Å². The van der Waals surface area contributed by atoms with Crippen LogP contribution in [0.2, 0.25) is 0 Å². The van der Waals surface area contributed by atoms with Crippen LogP contribution in [-0.4, -0.2) is 11.5 Å². The van der Waals surface area contributed by atoms with Gasteiger partial charge in [0.2, 0.25) is 0 Å². The molecule has 0 saturated heterocycles. The van der Waals surface area contributed by atoms with Gasteiger partial charge in [0.25, 0.3) is 0 Å². The van der Waals surface area contributed by atoms with Crippen LogP contribution in [0.4, 0.5) is 22.0 Å². The van der Waals surface area contributed by atoms with E-state index in [2.05, 4.69) is 4.74 Å². The fourth-order valence-electron chi connectivity index (χ4n) is 1.82. The van der Waals surface area contributed by atoms with Crippen LogP contribution in [0.25, 0.3) is 11.1 Å². The number of aliphatic hydroxyl groups excluding tert-OH is 1. The van der Waals surface area contributed by atoms with E-state index >= 15 is 0 Å². The van der Waals surface area contributed by atoms with Gasteiger partial charge < -0.3 is 9.84 Å². The summed E-state index contributed by atoms with van der Waals surface area (Å²) in [6.45, 7) is -0.521. The molecule has 0 amide bonds. The van der Waals surface area contributed by atoms with Crippen molar-refractivity contribution in [3.63, 3.8) is 0 Å². The minimum Gasteiger partial charge on any atom is -0.406 e. The monoisotopic (exact) mass is 304 g/mol. The molecule has 2 aromatic carbocycles. The van der Waals surface area contributed by atoms with Crippen LogP contribution in [0.3, 0.4) is 0 Å². The van der Waals surface area contributed by atoms with Gasteiger partial charge in [-0.15, -0.1) is 13.2 Å². The van der Waals surface area contributed by atoms with E-state index in [0.717, 1.165) is 36.4 Å². The molecule has 1 N–H and O–H groups in total. The molecule has 0 spiro atoms. The first-order valence-corrected chi connectivity index (χ1v) is 5.75. The standard InChI is InChI=1S/C14H9F5O2/c15-11-5-8(7-20)6-12(16)13(11)9-1-3-10(4-2-9)21-14(17,18)19/h1-6,20H,7H2. The Labute approximate surface area is 116 Å². The first-order chi connectivity index (χ1) is 9.80. The molecule has 0 aliphatic rings. The molecule has 0 unspecified atom stereocenters. The van der Waals surface area contributed by atoms with Crippen molar-refractivity contribution in [3.05, 3.63) is 53.6 Å². The Morgan fingerprint density at radius 1 is 0.952 bits per heavy atom. The summed E-state index contributed by atoms with van der Waals surface area (Å²) in [5, 5.41) is 8.84. The molecule has 0 atom stereocenters. The molecule has 0 fully saturated rings. The normalized spacial score (nSPS) is 11.5. The lowest BCUT2D eigenvalue weighted by Gasteiger charge is -2.10. The fraction of sp³-hybridized carbons (Fsp3) is 0.143. The zero-order valence-corrected chi connectivity index (χ0v) is 10.4. The third kappa shape index (κ3) is 3.69. The number of alkyl halides is 3. The first-order valence-electron chi connectivity index (χ1n) is 5.75. The van der Waals surface area contributed by atoms with Crippen LogP contribution in [-0.2, 0) is 6.61 Å². The van der Waals surface area contributed by atoms with Gasteiger partial charge in [-0.05, 0) is 35.4 Å². The van der Waals surface area contributed by atoms with Crippen LogP contribution < -0.4 is 4.74 Å². The number of benzene rings is 2. The summed E-state index contributed by atoms with van der Waals surface area (Å²) in [7, 11) is 0. The lowest BCUT2D eigenvalue weighted by molar-refractivity contribution is -0.274. The molecule has 2 aromatic rings. The Bertz CT molecular complexity index is 612. The minimum atomic E-state index is -4.83. The van der Waals surface area contributed by atoms with Gasteiger partial charge in [0.15, 0.2) is 0 Å². The molecule has 21 heavy (non-hydrogen) atoms. The Morgan fingerprint density at radius 3 is 1.90 bits per heavy atom. The van der Waals surface area contributed by atoms with Crippen molar-refractivity contribution in [1.29, 1.82) is 0 Å². The molecule has 0 aliphatic carbocycles. The quantitative estimate of drug-likeness (QED) is 0.868. The molecular formula is C14H9F5O2. The van der Waals surface area contributed by atoms with Crippen molar-refractivity contribution in [1.82, 2.24) is 0 Å². The third-order valence-corrected chi connectivity index (χ3v) is 2.66. The van der Waals surface area contributed by atoms with Crippen LogP contribution in [0.15, 0.2) is 36.4 Å². The number of ether oxygens (including phenoxy) is 1. The van der Waals surface area contributed by atoms with E-state index in [-0.39, 0.29) is 16.7 Å². The van der Waals surface area contributed by atoms with Crippen molar-refractivity contribution in [3.8, 4) is 16.9 Å². The molecule has 0 aliphatic heterocycles. The molecular weight excluding hydrogens is 295 g/mol. The maximum atomic E-state index is 13.8. The summed E-state index contributed by atoms with van der Waals surface area (Å²) in [6, 6.07) is 6.06. The van der Waals surface area contributed by atoms with Gasteiger partial charge in [-0.1, -0.05) is 12.1 Å². The maximum Gasteiger partial charge on any atom is 0.573 e. The highest BCUT2D eigenvalue weighted by Crippen LogP contribution is 2.30. The zero-order valence-electron chi connectivity index (χ0n) is 10.4. The van der Waals surface area contributed by atoms with Gasteiger partial charge >= 0.3 is 6.36 Å². The van der Waals surface area contributed by atoms with Gasteiger partial charge in [0, 0.05) is 0 Å². The first kappa shape index (κ1) is 15.2. The predicted molar refractivity (Wildman–Crippen MR) is 64.4 cm³/mol. The van der Waals surface area contributed by atoms with E-state index in [1.54, 1.807) is 0 Å². The molecule has 7 heteroatoms. The Balaban J connectivity index is 2.35. The summed E-state index contributed by atoms with van der Waals surface area (Å²) in [5.41, 5.74) is -0.263. The average molecular weight is 304 g/mol. The van der Waals surface area contributed by atoms with Crippen LogP contribution >= 0.6 is 0 Å². The Morgan fingerprint density at radius 2 is 1.48 bits per heavy atom. The molecule has 0 saturated carbocycles. The van der Waals surface area contributed by atoms with E-state index in [0.29, 0.717) is 0 Å². The maximum absolute atomic E-state index is 13.8. The predicted octanol–water partition coefficient (Wildman–Crippen LogP) is 4.02. The fourth-order valence-corrected chi connectivity index (χ4v) is 1.82. The highest BCUT2D eigenvalue weighted by Gasteiger charge is 2.31. The van der Waals surface area contributed by atoms with Gasteiger partial charge in [-0.2, -0.15) is 0 Å². The van der Waals surface area contributed by atoms with E-state index < -0.39 is 30.4 Å². The van der Waals surface area contributed by atoms with Crippen LogP contribution in [0, 0.1) is 11.6 Å². The summed E-state index contributed by atoms with van der Waals surface area (Å²) in [6.07, 6.45) is -4.83. The van der Waals surface area contributed by atoms with E-state index in [1.165, 1.54) is 0 Å². The number of aliphatic hydroxyl groups is 1. The van der Waals surface area contributed by atoms with Gasteiger partial charge in [-0.3, -0.25) is 0 Å². The Hall–Kier alpha value is -2.15. The molecule has 112 valence electrons. The molecule has 0 heterocycles. The van der Waals surface area contributed by atoms with Gasteiger partial charge in [-0.25, -0.2) is 8.78 Å². The second kappa shape index (κ2) is 5.69. The molecule has 0 aromatic heterocycles. The minimum absolute atomic E-state index is 0.0593. The Kier molecular flexibility index (Phi) is 4.13. The SMILES string of the molecule is OCc1cc(F)c(-c2ccc(OC(F)(F)F)cc2)c(F)c1. The lowest BCUT2D eigenvalue weighted by Crippen LogP contribution is -2.16. The summed E-state index contributed by atoms with van der Waals surface area (Å²) >= 11 is 0. The summed E-state index contributed by atoms with van der Waals surface area (Å²) in [5.74, 6) is -2.31. The lowest BCUT2D eigenvalue weighted by atomic mass is 10.0. The smallest absolute Gasteiger partial charge is 0.406 e. The summed E-state index contributed by atoms with van der Waals surface area (Å²) < 4.78 is 67.3.